The van der Waals surface area contributed by atoms with Gasteiger partial charge in [-0.1, -0.05) is 18.2 Å². The summed E-state index contributed by atoms with van der Waals surface area (Å²) in [5.74, 6) is 0.160. The number of halogens is 1. The van der Waals surface area contributed by atoms with Crippen molar-refractivity contribution >= 4 is 16.8 Å². The van der Waals surface area contributed by atoms with Gasteiger partial charge in [-0.2, -0.15) is 0 Å². The van der Waals surface area contributed by atoms with Gasteiger partial charge >= 0.3 is 0 Å². The smallest absolute Gasteiger partial charge is 0.235 e. The summed E-state index contributed by atoms with van der Waals surface area (Å²) < 4.78 is 24.0. The van der Waals surface area contributed by atoms with Crippen molar-refractivity contribution in [2.75, 3.05) is 6.61 Å². The molecule has 0 aliphatic carbocycles. The van der Waals surface area contributed by atoms with Gasteiger partial charge in [0.05, 0.1) is 0 Å². The topological polar surface area (TPSA) is 39.4 Å². The van der Waals surface area contributed by atoms with Crippen LogP contribution in [0.15, 0.2) is 52.9 Å². The van der Waals surface area contributed by atoms with Crippen LogP contribution < -0.4 is 4.74 Å². The first kappa shape index (κ1) is 13.4. The number of rotatable bonds is 4. The second kappa shape index (κ2) is 5.40. The lowest BCUT2D eigenvalue weighted by Crippen LogP contribution is -2.10. The summed E-state index contributed by atoms with van der Waals surface area (Å²) in [5, 5.41) is 0.874. The van der Waals surface area contributed by atoms with Gasteiger partial charge in [-0.05, 0) is 42.8 Å². The highest BCUT2D eigenvalue weighted by atomic mass is 19.1. The lowest BCUT2D eigenvalue weighted by Gasteiger charge is -2.05. The Labute approximate surface area is 120 Å². The number of hydrogen-bond acceptors (Lipinski definition) is 3. The van der Waals surface area contributed by atoms with Crippen molar-refractivity contribution in [2.45, 2.75) is 6.92 Å². The third-order valence-electron chi connectivity index (χ3n) is 3.20. The second-order valence-electron chi connectivity index (χ2n) is 4.77. The number of aryl methyl sites for hydroxylation is 1. The molecule has 21 heavy (non-hydrogen) atoms. The Balaban J connectivity index is 1.72. The Morgan fingerprint density at radius 2 is 2.00 bits per heavy atom. The van der Waals surface area contributed by atoms with Gasteiger partial charge in [0.2, 0.25) is 5.78 Å². The molecule has 0 atom stereocenters. The van der Waals surface area contributed by atoms with Gasteiger partial charge in [-0.25, -0.2) is 4.39 Å². The number of hydrogen-bond donors (Lipinski definition) is 0. The van der Waals surface area contributed by atoms with Crippen molar-refractivity contribution in [1.29, 1.82) is 0 Å². The van der Waals surface area contributed by atoms with Gasteiger partial charge in [-0.15, -0.1) is 0 Å². The summed E-state index contributed by atoms with van der Waals surface area (Å²) in [6, 6.07) is 13.5. The first-order valence-corrected chi connectivity index (χ1v) is 6.54. The van der Waals surface area contributed by atoms with Crippen LogP contribution in [-0.4, -0.2) is 12.4 Å². The van der Waals surface area contributed by atoms with Crippen LogP contribution in [0.25, 0.3) is 11.0 Å². The number of carbonyl (C=O) groups is 1. The van der Waals surface area contributed by atoms with Crippen LogP contribution in [0.2, 0.25) is 0 Å². The molecule has 0 saturated carbocycles. The van der Waals surface area contributed by atoms with Gasteiger partial charge in [0.1, 0.15) is 17.1 Å². The highest BCUT2D eigenvalue weighted by Gasteiger charge is 2.13. The third-order valence-corrected chi connectivity index (χ3v) is 3.20. The average molecular weight is 284 g/mol. The zero-order valence-electron chi connectivity index (χ0n) is 11.4. The molecule has 3 rings (SSSR count). The number of ether oxygens (including phenoxy) is 1. The fraction of sp³-hybridized carbons (Fsp3) is 0.118. The van der Waals surface area contributed by atoms with Crippen LogP contribution >= 0.6 is 0 Å². The molecule has 4 heteroatoms. The fourth-order valence-corrected chi connectivity index (χ4v) is 2.05. The Kier molecular flexibility index (Phi) is 3.44. The van der Waals surface area contributed by atoms with Crippen LogP contribution in [0, 0.1) is 12.7 Å². The third kappa shape index (κ3) is 2.79. The van der Waals surface area contributed by atoms with Crippen molar-refractivity contribution < 1.29 is 18.3 Å². The lowest BCUT2D eigenvalue weighted by atomic mass is 10.2. The molecule has 0 N–H and O–H groups in total. The van der Waals surface area contributed by atoms with Gasteiger partial charge in [-0.3, -0.25) is 4.79 Å². The maximum absolute atomic E-state index is 13.1. The molecule has 3 aromatic rings. The summed E-state index contributed by atoms with van der Waals surface area (Å²) in [7, 11) is 0. The summed E-state index contributed by atoms with van der Waals surface area (Å²) in [6.07, 6.45) is 0. The highest BCUT2D eigenvalue weighted by molar-refractivity contribution is 5.98. The van der Waals surface area contributed by atoms with E-state index in [1.54, 1.807) is 25.1 Å². The molecule has 0 aliphatic heterocycles. The minimum absolute atomic E-state index is 0.148. The predicted octanol–water partition coefficient (Wildman–Crippen LogP) is 4.14. The standard InChI is InChI=1S/C17H13FO3/c1-11-8-13(6-7-14(11)18)20-10-15(19)17-9-12-4-2-3-5-16(12)21-17/h2-9H,10H2,1H3. The minimum atomic E-state index is -0.300. The van der Waals surface area contributed by atoms with E-state index in [2.05, 4.69) is 0 Å². The molecule has 0 unspecified atom stereocenters. The number of fused-ring (bicyclic) bond motifs is 1. The molecule has 2 aromatic carbocycles. The zero-order valence-corrected chi connectivity index (χ0v) is 11.4. The largest absolute Gasteiger partial charge is 0.485 e. The van der Waals surface area contributed by atoms with E-state index >= 15 is 0 Å². The molecule has 0 radical (unpaired) electrons. The number of Topliss-reactive ketones (excluding diaryl/α,β-unsaturated/α-hetero) is 1. The van der Waals surface area contributed by atoms with E-state index in [-0.39, 0.29) is 24.0 Å². The van der Waals surface area contributed by atoms with Crippen molar-refractivity contribution in [3.8, 4) is 5.75 Å². The molecular formula is C17H13FO3. The molecule has 3 nitrogen and oxygen atoms in total. The quantitative estimate of drug-likeness (QED) is 0.676. The van der Waals surface area contributed by atoms with E-state index < -0.39 is 0 Å². The summed E-state index contributed by atoms with van der Waals surface area (Å²) in [6.45, 7) is 1.49. The van der Waals surface area contributed by atoms with Gasteiger partial charge < -0.3 is 9.15 Å². The lowest BCUT2D eigenvalue weighted by molar-refractivity contribution is 0.0896. The Morgan fingerprint density at radius 3 is 2.76 bits per heavy atom. The van der Waals surface area contributed by atoms with Crippen molar-refractivity contribution in [1.82, 2.24) is 0 Å². The molecule has 0 saturated heterocycles. The first-order valence-electron chi connectivity index (χ1n) is 6.54. The van der Waals surface area contributed by atoms with Gasteiger partial charge in [0, 0.05) is 5.39 Å². The SMILES string of the molecule is Cc1cc(OCC(=O)c2cc3ccccc3o2)ccc1F. The summed E-state index contributed by atoms with van der Waals surface area (Å²) in [4.78, 5) is 12.0. The summed E-state index contributed by atoms with van der Waals surface area (Å²) >= 11 is 0. The van der Waals surface area contributed by atoms with Gasteiger partial charge in [0.15, 0.2) is 12.4 Å². The number of ketones is 1. The Morgan fingerprint density at radius 1 is 1.19 bits per heavy atom. The summed E-state index contributed by atoms with van der Waals surface area (Å²) in [5.41, 5.74) is 1.14. The number of furan rings is 1. The van der Waals surface area contributed by atoms with Crippen LogP contribution in [0.4, 0.5) is 4.39 Å². The van der Waals surface area contributed by atoms with Crippen LogP contribution in [-0.2, 0) is 0 Å². The van der Waals surface area contributed by atoms with Crippen molar-refractivity contribution in [2.24, 2.45) is 0 Å². The average Bonchev–Trinajstić information content (AvgIpc) is 2.92. The highest BCUT2D eigenvalue weighted by Crippen LogP contribution is 2.20. The predicted molar refractivity (Wildman–Crippen MR) is 77.2 cm³/mol. The van der Waals surface area contributed by atoms with Crippen LogP contribution in [0.5, 0.6) is 5.75 Å². The van der Waals surface area contributed by atoms with E-state index in [4.69, 9.17) is 9.15 Å². The van der Waals surface area contributed by atoms with E-state index in [1.165, 1.54) is 12.1 Å². The normalized spacial score (nSPS) is 10.8. The van der Waals surface area contributed by atoms with Crippen molar-refractivity contribution in [3.05, 3.63) is 65.7 Å². The second-order valence-corrected chi connectivity index (χ2v) is 4.77. The molecule has 0 fully saturated rings. The molecule has 1 aromatic heterocycles. The molecule has 106 valence electrons. The Bertz CT molecular complexity index is 772. The zero-order chi connectivity index (χ0) is 14.8. The first-order chi connectivity index (χ1) is 10.1. The fourth-order valence-electron chi connectivity index (χ4n) is 2.05. The number of carbonyl (C=O) groups excluding carboxylic acids is 1. The van der Waals surface area contributed by atoms with E-state index in [1.807, 2.05) is 18.2 Å². The molecule has 0 aliphatic rings. The number of benzene rings is 2. The van der Waals surface area contributed by atoms with Crippen LogP contribution in [0.3, 0.4) is 0 Å². The van der Waals surface area contributed by atoms with Gasteiger partial charge in [0.25, 0.3) is 0 Å². The number of para-hydroxylation sites is 1. The molecule has 0 spiro atoms. The van der Waals surface area contributed by atoms with Crippen molar-refractivity contribution in [3.63, 3.8) is 0 Å². The maximum atomic E-state index is 13.1. The molecule has 0 amide bonds. The van der Waals surface area contributed by atoms with E-state index in [0.29, 0.717) is 16.9 Å². The monoisotopic (exact) mass is 284 g/mol. The van der Waals surface area contributed by atoms with E-state index in [0.717, 1.165) is 5.39 Å². The van der Waals surface area contributed by atoms with Crippen LogP contribution in [0.1, 0.15) is 16.1 Å². The maximum Gasteiger partial charge on any atom is 0.235 e. The van der Waals surface area contributed by atoms with E-state index in [9.17, 15) is 9.18 Å². The minimum Gasteiger partial charge on any atom is -0.485 e. The molecular weight excluding hydrogens is 271 g/mol. The molecule has 1 heterocycles. The molecule has 0 bridgehead atoms. The Hall–Kier alpha value is -2.62.